The molecule has 0 saturated heterocycles. The highest BCUT2D eigenvalue weighted by Crippen LogP contribution is 2.09. The number of carbonyl (C=O) groups is 2. The highest BCUT2D eigenvalue weighted by atomic mass is 32.2. The fraction of sp³-hybridized carbons (Fsp3) is 0.500. The molecule has 0 bridgehead atoms. The van der Waals surface area contributed by atoms with Crippen molar-refractivity contribution in [1.29, 1.82) is 0 Å². The van der Waals surface area contributed by atoms with E-state index < -0.39 is 18.1 Å². The summed E-state index contributed by atoms with van der Waals surface area (Å²) in [5.74, 6) is 1.78. The Hall–Kier alpha value is -1.34. The topological polar surface area (TPSA) is 75.6 Å². The van der Waals surface area contributed by atoms with Crippen LogP contribution in [0.4, 0.5) is 4.79 Å². The van der Waals surface area contributed by atoms with Gasteiger partial charge in [-0.25, -0.2) is 9.59 Å². The third-order valence-electron chi connectivity index (χ3n) is 2.99. The lowest BCUT2D eigenvalue weighted by molar-refractivity contribution is -0.139. The van der Waals surface area contributed by atoms with Gasteiger partial charge in [0.2, 0.25) is 0 Å². The van der Waals surface area contributed by atoms with Gasteiger partial charge >= 0.3 is 12.1 Å². The molecule has 1 aromatic rings. The molecule has 2 N–H and O–H groups in total. The molecular weight excluding hydrogens is 334 g/mol. The van der Waals surface area contributed by atoms with E-state index in [1.807, 2.05) is 30.3 Å². The molecule has 0 aliphatic heterocycles. The van der Waals surface area contributed by atoms with E-state index in [0.717, 1.165) is 23.5 Å². The minimum atomic E-state index is -1.04. The van der Waals surface area contributed by atoms with Gasteiger partial charge in [-0.3, -0.25) is 0 Å². The van der Waals surface area contributed by atoms with Crippen molar-refractivity contribution >= 4 is 35.6 Å². The zero-order valence-electron chi connectivity index (χ0n) is 13.2. The van der Waals surface area contributed by atoms with E-state index in [2.05, 4.69) is 11.6 Å². The fourth-order valence-electron chi connectivity index (χ4n) is 1.77. The number of ether oxygens (including phenoxy) is 1. The molecule has 128 valence electrons. The molecule has 23 heavy (non-hydrogen) atoms. The van der Waals surface area contributed by atoms with Crippen molar-refractivity contribution in [2.45, 2.75) is 25.5 Å². The highest BCUT2D eigenvalue weighted by Gasteiger charge is 2.20. The monoisotopic (exact) mass is 357 g/mol. The van der Waals surface area contributed by atoms with Gasteiger partial charge in [0.1, 0.15) is 12.6 Å². The number of alkyl carbamates (subject to hydrolysis) is 1. The zero-order valence-corrected chi connectivity index (χ0v) is 14.8. The summed E-state index contributed by atoms with van der Waals surface area (Å²) in [5, 5.41) is 11.6. The van der Waals surface area contributed by atoms with Crippen LogP contribution in [0.25, 0.3) is 0 Å². The third-order valence-corrected chi connectivity index (χ3v) is 4.79. The average molecular weight is 357 g/mol. The second-order valence-electron chi connectivity index (χ2n) is 4.84. The molecule has 1 aromatic carbocycles. The van der Waals surface area contributed by atoms with Crippen molar-refractivity contribution < 1.29 is 19.4 Å². The number of hydrogen-bond donors (Lipinski definition) is 2. The van der Waals surface area contributed by atoms with Crippen LogP contribution in [-0.2, 0) is 16.1 Å². The van der Waals surface area contributed by atoms with E-state index in [9.17, 15) is 9.59 Å². The Bertz CT molecular complexity index is 470. The molecule has 0 heterocycles. The van der Waals surface area contributed by atoms with E-state index >= 15 is 0 Å². The van der Waals surface area contributed by atoms with Crippen LogP contribution in [-0.4, -0.2) is 46.7 Å². The molecule has 0 aliphatic carbocycles. The van der Waals surface area contributed by atoms with Crippen LogP contribution in [0.15, 0.2) is 30.3 Å². The predicted octanol–water partition coefficient (Wildman–Crippen LogP) is 3.24. The Kier molecular flexibility index (Phi) is 10.4. The Morgan fingerprint density at radius 1 is 1.22 bits per heavy atom. The van der Waals surface area contributed by atoms with Crippen LogP contribution in [0, 0.1) is 0 Å². The number of carboxylic acids is 1. The minimum Gasteiger partial charge on any atom is -0.480 e. The summed E-state index contributed by atoms with van der Waals surface area (Å²) in [6.45, 7) is 0.127. The molecule has 1 amide bonds. The molecule has 0 radical (unpaired) electrons. The molecule has 1 rings (SSSR count). The lowest BCUT2D eigenvalue weighted by Crippen LogP contribution is -2.41. The summed E-state index contributed by atoms with van der Waals surface area (Å²) >= 11 is 3.51. The van der Waals surface area contributed by atoms with Crippen molar-refractivity contribution in [1.82, 2.24) is 5.32 Å². The van der Waals surface area contributed by atoms with E-state index in [4.69, 9.17) is 9.84 Å². The van der Waals surface area contributed by atoms with E-state index in [1.54, 1.807) is 23.5 Å². The Morgan fingerprint density at radius 2 is 1.96 bits per heavy atom. The standard InChI is InChI=1S/C16H23NO4S2/c1-22-9-5-10-23-11-8-14(15(18)19)17-16(20)21-12-13-6-3-2-4-7-13/h2-4,6-7,14H,5,8-12H2,1H3,(H,17,20)(H,18,19). The first-order valence-corrected chi connectivity index (χ1v) is 9.95. The van der Waals surface area contributed by atoms with Crippen molar-refractivity contribution in [3.05, 3.63) is 35.9 Å². The number of hydrogen-bond acceptors (Lipinski definition) is 5. The van der Waals surface area contributed by atoms with Crippen LogP contribution in [0.3, 0.4) is 0 Å². The lowest BCUT2D eigenvalue weighted by Gasteiger charge is -2.14. The molecule has 0 aromatic heterocycles. The number of rotatable bonds is 11. The van der Waals surface area contributed by atoms with Gasteiger partial charge in [-0.15, -0.1) is 0 Å². The maximum Gasteiger partial charge on any atom is 0.408 e. The quantitative estimate of drug-likeness (QED) is 0.592. The summed E-state index contributed by atoms with van der Waals surface area (Å²) in [7, 11) is 0. The first kappa shape index (κ1) is 19.7. The van der Waals surface area contributed by atoms with E-state index in [0.29, 0.717) is 12.2 Å². The molecule has 0 spiro atoms. The Morgan fingerprint density at radius 3 is 2.61 bits per heavy atom. The van der Waals surface area contributed by atoms with Crippen LogP contribution < -0.4 is 5.32 Å². The lowest BCUT2D eigenvalue weighted by atomic mass is 10.2. The summed E-state index contributed by atoms with van der Waals surface area (Å²) < 4.78 is 5.05. The smallest absolute Gasteiger partial charge is 0.408 e. The van der Waals surface area contributed by atoms with Gasteiger partial charge in [0, 0.05) is 0 Å². The van der Waals surface area contributed by atoms with Crippen LogP contribution in [0.5, 0.6) is 0 Å². The summed E-state index contributed by atoms with van der Waals surface area (Å²) in [4.78, 5) is 22.9. The fourth-order valence-corrected chi connectivity index (χ4v) is 3.34. The summed E-state index contributed by atoms with van der Waals surface area (Å²) in [6.07, 6.45) is 2.86. The first-order chi connectivity index (χ1) is 11.1. The molecular formula is C16H23NO4S2. The first-order valence-electron chi connectivity index (χ1n) is 7.40. The van der Waals surface area contributed by atoms with Gasteiger partial charge in [-0.1, -0.05) is 30.3 Å². The largest absolute Gasteiger partial charge is 0.480 e. The van der Waals surface area contributed by atoms with Crippen molar-refractivity contribution in [3.8, 4) is 0 Å². The van der Waals surface area contributed by atoms with E-state index in [-0.39, 0.29) is 6.61 Å². The van der Waals surface area contributed by atoms with Gasteiger partial charge in [-0.2, -0.15) is 23.5 Å². The van der Waals surface area contributed by atoms with Crippen molar-refractivity contribution in [2.24, 2.45) is 0 Å². The van der Waals surface area contributed by atoms with Crippen LogP contribution in [0.1, 0.15) is 18.4 Å². The SMILES string of the molecule is CSCCCSCCC(NC(=O)OCc1ccccc1)C(=O)O. The summed E-state index contributed by atoms with van der Waals surface area (Å²) in [5.41, 5.74) is 0.860. The number of nitrogens with one attached hydrogen (secondary N) is 1. The molecule has 0 fully saturated rings. The highest BCUT2D eigenvalue weighted by molar-refractivity contribution is 7.99. The number of amides is 1. The van der Waals surface area contributed by atoms with Crippen molar-refractivity contribution in [2.75, 3.05) is 23.5 Å². The van der Waals surface area contributed by atoms with Crippen molar-refractivity contribution in [3.63, 3.8) is 0 Å². The maximum absolute atomic E-state index is 11.7. The second-order valence-corrected chi connectivity index (χ2v) is 7.05. The van der Waals surface area contributed by atoms with Gasteiger partial charge in [-0.05, 0) is 41.9 Å². The van der Waals surface area contributed by atoms with Gasteiger partial charge in [0.05, 0.1) is 0 Å². The molecule has 1 unspecified atom stereocenters. The zero-order chi connectivity index (χ0) is 16.9. The number of aliphatic carboxylic acids is 1. The Balaban J connectivity index is 2.25. The van der Waals surface area contributed by atoms with Crippen LogP contribution >= 0.6 is 23.5 Å². The number of carbonyl (C=O) groups excluding carboxylic acids is 1. The number of carboxylic acid groups (broad SMARTS) is 1. The normalized spacial score (nSPS) is 11.7. The molecule has 7 heteroatoms. The minimum absolute atomic E-state index is 0.127. The maximum atomic E-state index is 11.7. The second kappa shape index (κ2) is 12.1. The van der Waals surface area contributed by atoms with Gasteiger partial charge in [0.25, 0.3) is 0 Å². The Labute approximate surface area is 145 Å². The van der Waals surface area contributed by atoms with Crippen LogP contribution in [0.2, 0.25) is 0 Å². The summed E-state index contributed by atoms with van der Waals surface area (Å²) in [6, 6.07) is 8.35. The molecule has 1 atom stereocenters. The predicted molar refractivity (Wildman–Crippen MR) is 96.1 cm³/mol. The molecule has 5 nitrogen and oxygen atoms in total. The average Bonchev–Trinajstić information content (AvgIpc) is 2.55. The molecule has 0 saturated carbocycles. The van der Waals surface area contributed by atoms with Gasteiger partial charge in [0.15, 0.2) is 0 Å². The molecule has 0 aliphatic rings. The van der Waals surface area contributed by atoms with E-state index in [1.165, 1.54) is 0 Å². The van der Waals surface area contributed by atoms with Gasteiger partial charge < -0.3 is 15.2 Å². The number of thioether (sulfide) groups is 2. The number of benzene rings is 1. The third kappa shape index (κ3) is 9.40.